The number of nitrogens with zero attached hydrogens (tertiary/aromatic N) is 5. The number of benzene rings is 1. The molecule has 1 saturated heterocycles. The number of aliphatic hydroxyl groups is 1. The SMILES string of the molecule is Cc1cc2nc(CC(=O)c3ccc(C(C)(C)O)cc3)cc(N3CCC(C(=O)N(C)C)CC3)n2n1. The van der Waals surface area contributed by atoms with E-state index in [2.05, 4.69) is 10.00 Å². The van der Waals surface area contributed by atoms with Crippen molar-refractivity contribution in [1.29, 1.82) is 0 Å². The van der Waals surface area contributed by atoms with E-state index in [1.807, 2.05) is 23.6 Å². The molecule has 1 N–H and O–H groups in total. The molecule has 180 valence electrons. The van der Waals surface area contributed by atoms with Gasteiger partial charge in [-0.25, -0.2) is 4.98 Å². The van der Waals surface area contributed by atoms with Crippen LogP contribution in [0.3, 0.4) is 0 Å². The van der Waals surface area contributed by atoms with Gasteiger partial charge < -0.3 is 14.9 Å². The number of Topliss-reactive ketones (excluding diaryl/α,β-unsaturated/α-hetero) is 1. The monoisotopic (exact) mass is 463 g/mol. The van der Waals surface area contributed by atoms with Crippen LogP contribution >= 0.6 is 0 Å². The van der Waals surface area contributed by atoms with Crippen LogP contribution in [0.25, 0.3) is 5.65 Å². The number of hydrogen-bond acceptors (Lipinski definition) is 6. The molecule has 1 aliphatic rings. The summed E-state index contributed by atoms with van der Waals surface area (Å²) in [6, 6.07) is 10.9. The first-order valence-electron chi connectivity index (χ1n) is 11.7. The largest absolute Gasteiger partial charge is 0.386 e. The fourth-order valence-corrected chi connectivity index (χ4v) is 4.49. The first-order valence-corrected chi connectivity index (χ1v) is 11.7. The molecule has 2 aromatic heterocycles. The number of aromatic nitrogens is 3. The van der Waals surface area contributed by atoms with Crippen molar-refractivity contribution >= 4 is 23.2 Å². The van der Waals surface area contributed by atoms with E-state index in [9.17, 15) is 14.7 Å². The number of carbonyl (C=O) groups is 2. The maximum Gasteiger partial charge on any atom is 0.225 e. The predicted octanol–water partition coefficient (Wildman–Crippen LogP) is 3.00. The van der Waals surface area contributed by atoms with Gasteiger partial charge in [-0.15, -0.1) is 0 Å². The third-order valence-electron chi connectivity index (χ3n) is 6.45. The second kappa shape index (κ2) is 9.18. The Kier molecular flexibility index (Phi) is 6.45. The van der Waals surface area contributed by atoms with E-state index in [1.54, 1.807) is 57.1 Å². The van der Waals surface area contributed by atoms with Crippen molar-refractivity contribution in [2.75, 3.05) is 32.1 Å². The van der Waals surface area contributed by atoms with Crippen LogP contribution in [0.2, 0.25) is 0 Å². The average Bonchev–Trinajstić information content (AvgIpc) is 3.17. The summed E-state index contributed by atoms with van der Waals surface area (Å²) in [6.07, 6.45) is 1.73. The molecule has 1 fully saturated rings. The normalized spacial score (nSPS) is 15.1. The summed E-state index contributed by atoms with van der Waals surface area (Å²) in [5, 5.41) is 14.8. The molecule has 8 heteroatoms. The first kappa shape index (κ1) is 23.9. The van der Waals surface area contributed by atoms with Gasteiger partial charge in [-0.05, 0) is 39.2 Å². The van der Waals surface area contributed by atoms with E-state index in [0.717, 1.165) is 43.0 Å². The highest BCUT2D eigenvalue weighted by molar-refractivity contribution is 5.97. The van der Waals surface area contributed by atoms with Crippen LogP contribution in [-0.2, 0) is 16.8 Å². The molecule has 8 nitrogen and oxygen atoms in total. The molecular weight excluding hydrogens is 430 g/mol. The number of amides is 1. The van der Waals surface area contributed by atoms with Gasteiger partial charge in [0.2, 0.25) is 5.91 Å². The van der Waals surface area contributed by atoms with Crippen molar-refractivity contribution in [2.45, 2.75) is 45.6 Å². The Balaban J connectivity index is 1.57. The molecule has 0 radical (unpaired) electrons. The Morgan fingerprint density at radius 2 is 1.76 bits per heavy atom. The highest BCUT2D eigenvalue weighted by Crippen LogP contribution is 2.26. The van der Waals surface area contributed by atoms with Crippen LogP contribution in [0.4, 0.5) is 5.82 Å². The van der Waals surface area contributed by atoms with Gasteiger partial charge in [-0.3, -0.25) is 9.59 Å². The number of rotatable bonds is 6. The maximum absolute atomic E-state index is 13.0. The summed E-state index contributed by atoms with van der Waals surface area (Å²) in [7, 11) is 3.60. The summed E-state index contributed by atoms with van der Waals surface area (Å²) in [6.45, 7) is 6.85. The zero-order chi connectivity index (χ0) is 24.6. The molecule has 0 unspecified atom stereocenters. The number of piperidine rings is 1. The van der Waals surface area contributed by atoms with Crippen LogP contribution in [-0.4, -0.2) is 63.5 Å². The van der Waals surface area contributed by atoms with Gasteiger partial charge in [0, 0.05) is 50.8 Å². The molecule has 0 atom stereocenters. The molecule has 3 heterocycles. The third kappa shape index (κ3) is 4.97. The van der Waals surface area contributed by atoms with Crippen molar-refractivity contribution < 1.29 is 14.7 Å². The Morgan fingerprint density at radius 3 is 2.35 bits per heavy atom. The van der Waals surface area contributed by atoms with E-state index < -0.39 is 5.60 Å². The standard InChI is InChI=1S/C26H33N5O3/c1-17-14-23-27-21(15-22(32)18-6-8-20(9-7-18)26(2,3)34)16-24(31(23)28-17)30-12-10-19(11-13-30)25(33)29(4)5/h6-9,14,16,19,34H,10-13,15H2,1-5H3. The summed E-state index contributed by atoms with van der Waals surface area (Å²) in [4.78, 5) is 34.0. The van der Waals surface area contributed by atoms with Gasteiger partial charge in [-0.2, -0.15) is 9.61 Å². The van der Waals surface area contributed by atoms with Gasteiger partial charge >= 0.3 is 0 Å². The van der Waals surface area contributed by atoms with Crippen LogP contribution in [0.1, 0.15) is 54.0 Å². The molecule has 1 aromatic carbocycles. The lowest BCUT2D eigenvalue weighted by Gasteiger charge is -2.34. The summed E-state index contributed by atoms with van der Waals surface area (Å²) in [5.41, 5.74) is 2.65. The molecule has 3 aromatic rings. The molecule has 1 amide bonds. The minimum atomic E-state index is -0.951. The Labute approximate surface area is 200 Å². The van der Waals surface area contributed by atoms with Gasteiger partial charge in [0.05, 0.1) is 23.4 Å². The Bertz CT molecular complexity index is 1200. The number of hydrogen-bond donors (Lipinski definition) is 1. The lowest BCUT2D eigenvalue weighted by Crippen LogP contribution is -2.41. The maximum atomic E-state index is 13.0. The first-order chi connectivity index (χ1) is 16.0. The smallest absolute Gasteiger partial charge is 0.225 e. The lowest BCUT2D eigenvalue weighted by atomic mass is 9.95. The fourth-order valence-electron chi connectivity index (χ4n) is 4.49. The zero-order valence-electron chi connectivity index (χ0n) is 20.6. The Morgan fingerprint density at radius 1 is 1.12 bits per heavy atom. The molecule has 0 aliphatic carbocycles. The molecule has 34 heavy (non-hydrogen) atoms. The Hall–Kier alpha value is -3.26. The quantitative estimate of drug-likeness (QED) is 0.565. The summed E-state index contributed by atoms with van der Waals surface area (Å²) < 4.78 is 1.83. The molecule has 4 rings (SSSR count). The van der Waals surface area contributed by atoms with Gasteiger partial charge in [0.15, 0.2) is 11.4 Å². The number of ketones is 1. The van der Waals surface area contributed by atoms with Crippen LogP contribution in [0.15, 0.2) is 36.4 Å². The van der Waals surface area contributed by atoms with E-state index in [0.29, 0.717) is 16.9 Å². The van der Waals surface area contributed by atoms with E-state index in [1.165, 1.54) is 0 Å². The topological polar surface area (TPSA) is 91.0 Å². The van der Waals surface area contributed by atoms with Crippen molar-refractivity contribution in [3.63, 3.8) is 0 Å². The van der Waals surface area contributed by atoms with E-state index in [4.69, 9.17) is 4.98 Å². The predicted molar refractivity (Wildman–Crippen MR) is 131 cm³/mol. The lowest BCUT2D eigenvalue weighted by molar-refractivity contribution is -0.133. The minimum absolute atomic E-state index is 0.0309. The highest BCUT2D eigenvalue weighted by atomic mass is 16.3. The zero-order valence-corrected chi connectivity index (χ0v) is 20.6. The van der Waals surface area contributed by atoms with Gasteiger partial charge in [-0.1, -0.05) is 24.3 Å². The van der Waals surface area contributed by atoms with Crippen LogP contribution < -0.4 is 4.90 Å². The van der Waals surface area contributed by atoms with Crippen molar-refractivity contribution in [3.8, 4) is 0 Å². The molecule has 1 aliphatic heterocycles. The van der Waals surface area contributed by atoms with E-state index in [-0.39, 0.29) is 24.0 Å². The summed E-state index contributed by atoms with van der Waals surface area (Å²) >= 11 is 0. The fraction of sp³-hybridized carbons (Fsp3) is 0.462. The second-order valence-corrected chi connectivity index (χ2v) is 9.89. The number of carbonyl (C=O) groups excluding carboxylic acids is 2. The summed E-state index contributed by atoms with van der Waals surface area (Å²) in [5.74, 6) is 1.08. The van der Waals surface area contributed by atoms with Crippen molar-refractivity contribution in [1.82, 2.24) is 19.5 Å². The average molecular weight is 464 g/mol. The van der Waals surface area contributed by atoms with Gasteiger partial charge in [0.25, 0.3) is 0 Å². The van der Waals surface area contributed by atoms with E-state index >= 15 is 0 Å². The molecule has 0 spiro atoms. The van der Waals surface area contributed by atoms with Crippen LogP contribution in [0.5, 0.6) is 0 Å². The second-order valence-electron chi connectivity index (χ2n) is 9.89. The number of anilines is 1. The van der Waals surface area contributed by atoms with Crippen LogP contribution in [0, 0.1) is 12.8 Å². The minimum Gasteiger partial charge on any atom is -0.386 e. The molecule has 0 saturated carbocycles. The van der Waals surface area contributed by atoms with Crippen molar-refractivity contribution in [3.05, 3.63) is 58.9 Å². The molecular formula is C26H33N5O3. The molecule has 0 bridgehead atoms. The number of aryl methyl sites for hydroxylation is 1. The van der Waals surface area contributed by atoms with Crippen molar-refractivity contribution in [2.24, 2.45) is 5.92 Å². The van der Waals surface area contributed by atoms with Gasteiger partial charge in [0.1, 0.15) is 5.82 Å². The number of fused-ring (bicyclic) bond motifs is 1. The highest BCUT2D eigenvalue weighted by Gasteiger charge is 2.28. The third-order valence-corrected chi connectivity index (χ3v) is 6.45.